The number of hydrogen-bond acceptors (Lipinski definition) is 5. The molecule has 0 aliphatic carbocycles. The second kappa shape index (κ2) is 3.62. The lowest BCUT2D eigenvalue weighted by Gasteiger charge is -1.99. The standard InChI is InChI=1S/C7H7ClN4OS/c1-13-4-3-9-12-5(4)10-7(14-2)11-6(12)8/h3H,1-2H3. The molecule has 2 rings (SSSR count). The SMILES string of the molecule is COc1cnn2c(Cl)nc(SC)nc12. The van der Waals surface area contributed by atoms with Crippen LogP contribution in [0.1, 0.15) is 0 Å². The maximum atomic E-state index is 5.89. The highest BCUT2D eigenvalue weighted by molar-refractivity contribution is 7.98. The molecule has 0 amide bonds. The molecule has 0 aliphatic heterocycles. The Morgan fingerprint density at radius 1 is 1.50 bits per heavy atom. The minimum Gasteiger partial charge on any atom is -0.491 e. The van der Waals surface area contributed by atoms with Crippen LogP contribution in [0.15, 0.2) is 11.4 Å². The molecule has 7 heteroatoms. The second-order valence-electron chi connectivity index (χ2n) is 2.43. The van der Waals surface area contributed by atoms with E-state index in [0.29, 0.717) is 16.6 Å². The lowest BCUT2D eigenvalue weighted by atomic mass is 10.6. The molecule has 0 radical (unpaired) electrons. The van der Waals surface area contributed by atoms with Crippen molar-refractivity contribution in [3.05, 3.63) is 11.5 Å². The number of ether oxygens (including phenoxy) is 1. The van der Waals surface area contributed by atoms with Gasteiger partial charge in [0.15, 0.2) is 10.9 Å². The summed E-state index contributed by atoms with van der Waals surface area (Å²) in [6.07, 6.45) is 3.44. The van der Waals surface area contributed by atoms with Crippen molar-refractivity contribution in [2.24, 2.45) is 0 Å². The van der Waals surface area contributed by atoms with Gasteiger partial charge in [-0.1, -0.05) is 11.8 Å². The molecule has 2 heterocycles. The molecule has 0 atom stereocenters. The smallest absolute Gasteiger partial charge is 0.228 e. The van der Waals surface area contributed by atoms with Crippen LogP contribution in [0.25, 0.3) is 5.65 Å². The predicted octanol–water partition coefficient (Wildman–Crippen LogP) is 1.51. The van der Waals surface area contributed by atoms with Crippen molar-refractivity contribution < 1.29 is 4.74 Å². The van der Waals surface area contributed by atoms with E-state index >= 15 is 0 Å². The third-order valence-corrected chi connectivity index (χ3v) is 2.47. The molecular weight excluding hydrogens is 224 g/mol. The van der Waals surface area contributed by atoms with Crippen LogP contribution in [-0.4, -0.2) is 32.9 Å². The number of aromatic nitrogens is 4. The van der Waals surface area contributed by atoms with Crippen LogP contribution >= 0.6 is 23.4 Å². The monoisotopic (exact) mass is 230 g/mol. The van der Waals surface area contributed by atoms with Crippen LogP contribution in [0, 0.1) is 0 Å². The summed E-state index contributed by atoms with van der Waals surface area (Å²) < 4.78 is 6.51. The van der Waals surface area contributed by atoms with Gasteiger partial charge < -0.3 is 4.74 Å². The van der Waals surface area contributed by atoms with Crippen molar-refractivity contribution in [2.45, 2.75) is 5.16 Å². The average Bonchev–Trinajstić information content (AvgIpc) is 2.61. The van der Waals surface area contributed by atoms with E-state index in [2.05, 4.69) is 15.1 Å². The van der Waals surface area contributed by atoms with Gasteiger partial charge in [-0.05, 0) is 17.9 Å². The van der Waals surface area contributed by atoms with E-state index in [9.17, 15) is 0 Å². The highest BCUT2D eigenvalue weighted by atomic mass is 35.5. The van der Waals surface area contributed by atoms with Crippen molar-refractivity contribution in [1.82, 2.24) is 19.6 Å². The number of rotatable bonds is 2. The first-order valence-corrected chi connectivity index (χ1v) is 5.35. The quantitative estimate of drug-likeness (QED) is 0.732. The molecule has 0 aromatic carbocycles. The Kier molecular flexibility index (Phi) is 2.47. The van der Waals surface area contributed by atoms with E-state index in [4.69, 9.17) is 16.3 Å². The molecule has 0 fully saturated rings. The average molecular weight is 231 g/mol. The molecular formula is C7H7ClN4OS. The van der Waals surface area contributed by atoms with Crippen molar-refractivity contribution >= 4 is 29.0 Å². The van der Waals surface area contributed by atoms with Crippen LogP contribution in [0.2, 0.25) is 5.28 Å². The van der Waals surface area contributed by atoms with E-state index in [1.165, 1.54) is 16.3 Å². The summed E-state index contributed by atoms with van der Waals surface area (Å²) >= 11 is 7.31. The predicted molar refractivity (Wildman–Crippen MR) is 54.1 cm³/mol. The van der Waals surface area contributed by atoms with Gasteiger partial charge in [0.05, 0.1) is 13.3 Å². The fourth-order valence-electron chi connectivity index (χ4n) is 1.04. The third-order valence-electron chi connectivity index (χ3n) is 1.68. The van der Waals surface area contributed by atoms with Crippen LogP contribution in [0.3, 0.4) is 0 Å². The van der Waals surface area contributed by atoms with E-state index in [1.807, 2.05) is 6.26 Å². The highest BCUT2D eigenvalue weighted by Gasteiger charge is 2.10. The maximum absolute atomic E-state index is 5.89. The summed E-state index contributed by atoms with van der Waals surface area (Å²) in [5.41, 5.74) is 0.580. The zero-order valence-electron chi connectivity index (χ0n) is 7.56. The molecule has 0 N–H and O–H groups in total. The highest BCUT2D eigenvalue weighted by Crippen LogP contribution is 2.21. The first-order valence-electron chi connectivity index (χ1n) is 3.75. The van der Waals surface area contributed by atoms with Crippen molar-refractivity contribution in [3.8, 4) is 5.75 Å². The molecule has 0 saturated carbocycles. The molecule has 0 bridgehead atoms. The van der Waals surface area contributed by atoms with Crippen molar-refractivity contribution in [1.29, 1.82) is 0 Å². The fraction of sp³-hybridized carbons (Fsp3) is 0.286. The Morgan fingerprint density at radius 2 is 2.29 bits per heavy atom. The summed E-state index contributed by atoms with van der Waals surface area (Å²) in [5, 5.41) is 4.87. The summed E-state index contributed by atoms with van der Waals surface area (Å²) in [7, 11) is 1.56. The van der Waals surface area contributed by atoms with Crippen molar-refractivity contribution in [2.75, 3.05) is 13.4 Å². The van der Waals surface area contributed by atoms with E-state index in [-0.39, 0.29) is 5.28 Å². The number of thioether (sulfide) groups is 1. The number of methoxy groups -OCH3 is 1. The van der Waals surface area contributed by atoms with Gasteiger partial charge >= 0.3 is 0 Å². The molecule has 0 aliphatic rings. The lowest BCUT2D eigenvalue weighted by Crippen LogP contribution is -1.98. The largest absolute Gasteiger partial charge is 0.491 e. The van der Waals surface area contributed by atoms with Crippen LogP contribution in [-0.2, 0) is 0 Å². The molecule has 0 unspecified atom stereocenters. The van der Waals surface area contributed by atoms with Crippen LogP contribution in [0.5, 0.6) is 5.75 Å². The van der Waals surface area contributed by atoms with Gasteiger partial charge in [-0.2, -0.15) is 19.6 Å². The van der Waals surface area contributed by atoms with Crippen molar-refractivity contribution in [3.63, 3.8) is 0 Å². The number of fused-ring (bicyclic) bond motifs is 1. The first kappa shape index (κ1) is 9.54. The van der Waals surface area contributed by atoms with Gasteiger partial charge in [-0.3, -0.25) is 0 Å². The van der Waals surface area contributed by atoms with E-state index in [1.54, 1.807) is 13.3 Å². The zero-order chi connectivity index (χ0) is 10.1. The summed E-state index contributed by atoms with van der Waals surface area (Å²) in [4.78, 5) is 8.26. The minimum atomic E-state index is 0.280. The Balaban J connectivity index is 2.73. The third kappa shape index (κ3) is 1.40. The molecule has 2 aromatic rings. The minimum absolute atomic E-state index is 0.280. The van der Waals surface area contributed by atoms with Gasteiger partial charge in [-0.25, -0.2) is 0 Å². The van der Waals surface area contributed by atoms with Gasteiger partial charge in [0.1, 0.15) is 0 Å². The summed E-state index contributed by atoms with van der Waals surface area (Å²) in [6.45, 7) is 0. The van der Waals surface area contributed by atoms with Gasteiger partial charge in [-0.15, -0.1) is 0 Å². The molecule has 74 valence electrons. The number of hydrogen-bond donors (Lipinski definition) is 0. The fourth-order valence-corrected chi connectivity index (χ4v) is 1.65. The van der Waals surface area contributed by atoms with Crippen LogP contribution in [0.4, 0.5) is 0 Å². The summed E-state index contributed by atoms with van der Waals surface area (Å²) in [5.74, 6) is 0.588. The second-order valence-corrected chi connectivity index (χ2v) is 3.54. The van der Waals surface area contributed by atoms with Gasteiger partial charge in [0.2, 0.25) is 10.9 Å². The molecule has 0 saturated heterocycles. The van der Waals surface area contributed by atoms with E-state index < -0.39 is 0 Å². The molecule has 5 nitrogen and oxygen atoms in total. The Labute approximate surface area is 89.4 Å². The van der Waals surface area contributed by atoms with Gasteiger partial charge in [0, 0.05) is 0 Å². The Bertz CT molecular complexity index is 472. The Morgan fingerprint density at radius 3 is 2.93 bits per heavy atom. The normalized spacial score (nSPS) is 10.8. The van der Waals surface area contributed by atoms with Crippen LogP contribution < -0.4 is 4.74 Å². The first-order chi connectivity index (χ1) is 6.76. The molecule has 0 spiro atoms. The van der Waals surface area contributed by atoms with E-state index in [0.717, 1.165) is 0 Å². The summed E-state index contributed by atoms with van der Waals surface area (Å²) in [6, 6.07) is 0. The number of halogens is 1. The zero-order valence-corrected chi connectivity index (χ0v) is 9.13. The lowest BCUT2D eigenvalue weighted by molar-refractivity contribution is 0.418. The molecule has 14 heavy (non-hydrogen) atoms. The molecule has 2 aromatic heterocycles. The topological polar surface area (TPSA) is 52.3 Å². The Hall–Kier alpha value is -1.01. The van der Waals surface area contributed by atoms with Gasteiger partial charge in [0.25, 0.3) is 0 Å². The maximum Gasteiger partial charge on any atom is 0.228 e. The number of nitrogens with zero attached hydrogens (tertiary/aromatic N) is 4.